The Morgan fingerprint density at radius 1 is 1.00 bits per heavy atom. The third kappa shape index (κ3) is 1.79. The van der Waals surface area contributed by atoms with Crippen LogP contribution in [0.25, 0.3) is 0 Å². The second-order valence-corrected chi connectivity index (χ2v) is 7.13. The third-order valence-electron chi connectivity index (χ3n) is 6.08. The lowest BCUT2D eigenvalue weighted by atomic mass is 9.48. The number of anilines is 1. The molecule has 0 amide bonds. The van der Waals surface area contributed by atoms with Crippen molar-refractivity contribution in [2.75, 3.05) is 11.9 Å². The quantitative estimate of drug-likeness (QED) is 0.886. The van der Waals surface area contributed by atoms with Gasteiger partial charge in [0.2, 0.25) is 0 Å². The van der Waals surface area contributed by atoms with Gasteiger partial charge in [-0.1, -0.05) is 0 Å². The van der Waals surface area contributed by atoms with E-state index in [0.29, 0.717) is 11.8 Å². The molecule has 4 fully saturated rings. The normalized spacial score (nSPS) is 41.9. The van der Waals surface area contributed by atoms with Gasteiger partial charge in [0.15, 0.2) is 0 Å². The molecule has 0 heterocycles. The molecule has 5 rings (SSSR count). The zero-order valence-electron chi connectivity index (χ0n) is 11.7. The topological polar surface area (TPSA) is 32.3 Å². The van der Waals surface area contributed by atoms with Gasteiger partial charge in [0.25, 0.3) is 0 Å². The molecule has 0 atom stereocenters. The van der Waals surface area contributed by atoms with Crippen molar-refractivity contribution in [1.29, 1.82) is 0 Å². The molecule has 4 saturated carbocycles. The highest BCUT2D eigenvalue weighted by Gasteiger charge is 2.56. The summed E-state index contributed by atoms with van der Waals surface area (Å²) in [6, 6.07) is 6.56. The predicted molar refractivity (Wildman–Crippen MR) is 76.9 cm³/mol. The van der Waals surface area contributed by atoms with E-state index in [9.17, 15) is 9.50 Å². The van der Waals surface area contributed by atoms with E-state index in [0.717, 1.165) is 17.5 Å². The number of benzene rings is 1. The first-order chi connectivity index (χ1) is 9.69. The molecule has 4 aliphatic carbocycles. The summed E-state index contributed by atoms with van der Waals surface area (Å²) in [6.45, 7) is 0.194. The first-order valence-electron chi connectivity index (χ1n) is 7.84. The highest BCUT2D eigenvalue weighted by atomic mass is 19.1. The van der Waals surface area contributed by atoms with E-state index in [1.807, 2.05) is 0 Å². The van der Waals surface area contributed by atoms with E-state index in [2.05, 4.69) is 5.32 Å². The molecule has 20 heavy (non-hydrogen) atoms. The summed E-state index contributed by atoms with van der Waals surface area (Å²) in [7, 11) is 0. The van der Waals surface area contributed by atoms with Crippen molar-refractivity contribution in [3.8, 4) is 0 Å². The van der Waals surface area contributed by atoms with Crippen LogP contribution < -0.4 is 5.32 Å². The van der Waals surface area contributed by atoms with E-state index in [-0.39, 0.29) is 18.0 Å². The summed E-state index contributed by atoms with van der Waals surface area (Å²) in [5.41, 5.74) is 0.763. The van der Waals surface area contributed by atoms with Gasteiger partial charge < -0.3 is 10.4 Å². The average Bonchev–Trinajstić information content (AvgIpc) is 2.44. The maximum atomic E-state index is 13.1. The minimum atomic E-state index is -0.210. The summed E-state index contributed by atoms with van der Waals surface area (Å²) < 4.78 is 13.1. The Hall–Kier alpha value is -1.09. The van der Waals surface area contributed by atoms with Crippen LogP contribution in [0.5, 0.6) is 0 Å². The standard InChI is InChI=1S/C17H22FNO/c18-15-1-3-16(4-2-15)19-17(10-20)13-6-11-5-12(8-13)9-14(17)7-11/h1-4,11-14,19-20H,5-10H2. The van der Waals surface area contributed by atoms with Crippen LogP contribution in [0.2, 0.25) is 0 Å². The Kier molecular flexibility index (Phi) is 2.81. The molecule has 0 aromatic heterocycles. The van der Waals surface area contributed by atoms with Gasteiger partial charge in [-0.15, -0.1) is 0 Å². The Labute approximate surface area is 119 Å². The van der Waals surface area contributed by atoms with Crippen LogP contribution >= 0.6 is 0 Å². The number of hydrogen-bond acceptors (Lipinski definition) is 2. The Bertz CT molecular complexity index is 470. The molecule has 2 N–H and O–H groups in total. The smallest absolute Gasteiger partial charge is 0.123 e. The van der Waals surface area contributed by atoms with Crippen LogP contribution in [-0.4, -0.2) is 17.3 Å². The maximum absolute atomic E-state index is 13.1. The molecule has 1 aromatic rings. The zero-order valence-corrected chi connectivity index (χ0v) is 11.7. The maximum Gasteiger partial charge on any atom is 0.123 e. The number of aliphatic hydroxyl groups is 1. The van der Waals surface area contributed by atoms with Gasteiger partial charge in [0.1, 0.15) is 5.82 Å². The molecular formula is C17H22FNO. The van der Waals surface area contributed by atoms with Crippen LogP contribution in [0.4, 0.5) is 10.1 Å². The van der Waals surface area contributed by atoms with E-state index >= 15 is 0 Å². The average molecular weight is 275 g/mol. The van der Waals surface area contributed by atoms with E-state index in [4.69, 9.17) is 0 Å². The van der Waals surface area contributed by atoms with Crippen molar-refractivity contribution in [3.63, 3.8) is 0 Å². The van der Waals surface area contributed by atoms with Gasteiger partial charge in [-0.25, -0.2) is 4.39 Å². The molecule has 0 saturated heterocycles. The molecule has 4 bridgehead atoms. The third-order valence-corrected chi connectivity index (χ3v) is 6.08. The number of halogens is 1. The van der Waals surface area contributed by atoms with Gasteiger partial charge in [0.05, 0.1) is 12.1 Å². The lowest BCUT2D eigenvalue weighted by Gasteiger charge is -2.61. The minimum absolute atomic E-state index is 0.175. The second kappa shape index (κ2) is 4.45. The highest BCUT2D eigenvalue weighted by molar-refractivity contribution is 5.47. The summed E-state index contributed by atoms with van der Waals surface area (Å²) in [4.78, 5) is 0. The summed E-state index contributed by atoms with van der Waals surface area (Å²) in [6.07, 6.45) is 6.41. The van der Waals surface area contributed by atoms with Crippen molar-refractivity contribution < 1.29 is 9.50 Å². The van der Waals surface area contributed by atoms with Crippen molar-refractivity contribution in [3.05, 3.63) is 30.1 Å². The molecule has 0 spiro atoms. The number of hydrogen-bond donors (Lipinski definition) is 2. The van der Waals surface area contributed by atoms with Gasteiger partial charge in [-0.2, -0.15) is 0 Å². The fourth-order valence-electron chi connectivity index (χ4n) is 5.33. The molecule has 2 nitrogen and oxygen atoms in total. The van der Waals surface area contributed by atoms with Crippen LogP contribution in [-0.2, 0) is 0 Å². The monoisotopic (exact) mass is 275 g/mol. The Balaban J connectivity index is 1.64. The first-order valence-corrected chi connectivity index (χ1v) is 7.84. The Morgan fingerprint density at radius 2 is 1.55 bits per heavy atom. The van der Waals surface area contributed by atoms with Crippen molar-refractivity contribution in [1.82, 2.24) is 0 Å². The molecule has 0 aliphatic heterocycles. The molecule has 1 aromatic carbocycles. The van der Waals surface area contributed by atoms with Crippen LogP contribution in [0.1, 0.15) is 32.1 Å². The summed E-state index contributed by atoms with van der Waals surface area (Å²) in [5, 5.41) is 13.7. The van der Waals surface area contributed by atoms with Crippen molar-refractivity contribution in [2.24, 2.45) is 23.7 Å². The molecule has 0 radical (unpaired) electrons. The van der Waals surface area contributed by atoms with E-state index in [1.165, 1.54) is 44.2 Å². The minimum Gasteiger partial charge on any atom is -0.394 e. The Morgan fingerprint density at radius 3 is 2.05 bits per heavy atom. The van der Waals surface area contributed by atoms with Crippen molar-refractivity contribution in [2.45, 2.75) is 37.6 Å². The molecule has 108 valence electrons. The zero-order chi connectivity index (χ0) is 13.7. The molecule has 0 unspecified atom stereocenters. The second-order valence-electron chi connectivity index (χ2n) is 7.13. The van der Waals surface area contributed by atoms with Gasteiger partial charge in [-0.05, 0) is 80.0 Å². The molecule has 3 heteroatoms. The number of nitrogens with one attached hydrogen (secondary N) is 1. The lowest BCUT2D eigenvalue weighted by Crippen LogP contribution is -2.63. The van der Waals surface area contributed by atoms with Crippen molar-refractivity contribution >= 4 is 5.69 Å². The van der Waals surface area contributed by atoms with Crippen LogP contribution in [0.3, 0.4) is 0 Å². The van der Waals surface area contributed by atoms with E-state index in [1.54, 1.807) is 12.1 Å². The fraction of sp³-hybridized carbons (Fsp3) is 0.647. The summed E-state index contributed by atoms with van der Waals surface area (Å²) >= 11 is 0. The molecular weight excluding hydrogens is 253 g/mol. The van der Waals surface area contributed by atoms with E-state index < -0.39 is 0 Å². The van der Waals surface area contributed by atoms with Gasteiger partial charge in [0, 0.05) is 5.69 Å². The number of rotatable bonds is 3. The fourth-order valence-corrected chi connectivity index (χ4v) is 5.33. The summed E-state index contributed by atoms with van der Waals surface area (Å²) in [5.74, 6) is 2.71. The lowest BCUT2D eigenvalue weighted by molar-refractivity contribution is -0.0655. The predicted octanol–water partition coefficient (Wildman–Crippen LogP) is 3.42. The SMILES string of the molecule is OCC1(Nc2ccc(F)cc2)C2CC3CC(C2)CC1C3. The number of aliphatic hydroxyl groups excluding tert-OH is 1. The van der Waals surface area contributed by atoms with Gasteiger partial charge >= 0.3 is 0 Å². The molecule has 4 aliphatic rings. The van der Waals surface area contributed by atoms with Crippen LogP contribution in [0.15, 0.2) is 24.3 Å². The largest absolute Gasteiger partial charge is 0.394 e. The first kappa shape index (κ1) is 12.6. The van der Waals surface area contributed by atoms with Gasteiger partial charge in [-0.3, -0.25) is 0 Å². The van der Waals surface area contributed by atoms with Crippen LogP contribution in [0, 0.1) is 29.5 Å². The highest BCUT2D eigenvalue weighted by Crippen LogP contribution is 2.58.